The lowest BCUT2D eigenvalue weighted by Crippen LogP contribution is -2.05. The van der Waals surface area contributed by atoms with E-state index in [4.69, 9.17) is 9.72 Å². The van der Waals surface area contributed by atoms with Gasteiger partial charge in [-0.15, -0.1) is 0 Å². The fourth-order valence-electron chi connectivity index (χ4n) is 8.08. The maximum absolute atomic E-state index is 6.68. The lowest BCUT2D eigenvalue weighted by Gasteiger charge is -2.10. The van der Waals surface area contributed by atoms with E-state index in [0.717, 1.165) is 83.8 Å². The van der Waals surface area contributed by atoms with Crippen LogP contribution in [0.3, 0.4) is 0 Å². The Balaban J connectivity index is 1.09. The molecule has 1 aliphatic rings. The van der Waals surface area contributed by atoms with E-state index in [1.165, 1.54) is 5.39 Å². The number of pyridine rings is 3. The van der Waals surface area contributed by atoms with Crippen LogP contribution in [-0.2, 0) is 0 Å². The maximum atomic E-state index is 6.68. The molecule has 57 heavy (non-hydrogen) atoms. The van der Waals surface area contributed by atoms with Crippen LogP contribution in [-0.4, -0.2) is 25.5 Å². The van der Waals surface area contributed by atoms with Crippen LogP contribution in [0.15, 0.2) is 195 Å². The third-order valence-electron chi connectivity index (χ3n) is 10.6. The first kappa shape index (κ1) is 32.4. The SMILES string of the molecule is C1=[N+](c2cccc(Oc3ccc4c5ccccc5n(-c5ccccn5)c4c3)c2)c2ccc3ccccc3c2[N+]=1c1c(-c2cccnc2)cccc1-c1cccnc1. The van der Waals surface area contributed by atoms with Crippen molar-refractivity contribution in [1.82, 2.24) is 28.7 Å². The lowest BCUT2D eigenvalue weighted by atomic mass is 9.96. The summed E-state index contributed by atoms with van der Waals surface area (Å²) < 4.78 is 13.2. The van der Waals surface area contributed by atoms with E-state index in [1.54, 1.807) is 12.4 Å². The first-order valence-corrected chi connectivity index (χ1v) is 18.8. The Morgan fingerprint density at radius 1 is 0.491 bits per heavy atom. The van der Waals surface area contributed by atoms with Crippen LogP contribution in [0.4, 0.5) is 22.7 Å². The molecule has 0 saturated carbocycles. The minimum Gasteiger partial charge on any atom is -0.457 e. The molecule has 0 N–H and O–H groups in total. The van der Waals surface area contributed by atoms with Gasteiger partial charge in [-0.25, -0.2) is 4.98 Å². The zero-order valence-electron chi connectivity index (χ0n) is 30.6. The second-order valence-electron chi connectivity index (χ2n) is 13.9. The Hall–Kier alpha value is -7.99. The average molecular weight is 733 g/mol. The molecular weight excluding hydrogens is 701 g/mol. The summed E-state index contributed by atoms with van der Waals surface area (Å²) in [5.41, 5.74) is 10.2. The Bertz CT molecular complexity index is 3180. The molecule has 0 amide bonds. The monoisotopic (exact) mass is 732 g/mol. The number of fused-ring (bicyclic) bond motifs is 6. The summed E-state index contributed by atoms with van der Waals surface area (Å²) in [6.07, 6.45) is 9.27. The molecule has 0 bridgehead atoms. The first-order chi connectivity index (χ1) is 28.3. The van der Waals surface area contributed by atoms with E-state index < -0.39 is 0 Å². The van der Waals surface area contributed by atoms with Gasteiger partial charge in [0, 0.05) is 71.1 Å². The predicted octanol–water partition coefficient (Wildman–Crippen LogP) is 12.1. The molecule has 0 atom stereocenters. The quantitative estimate of drug-likeness (QED) is 0.153. The minimum absolute atomic E-state index is 0.710. The molecule has 6 aromatic carbocycles. The predicted molar refractivity (Wildman–Crippen MR) is 230 cm³/mol. The van der Waals surface area contributed by atoms with Crippen LogP contribution in [0.5, 0.6) is 11.5 Å². The van der Waals surface area contributed by atoms with Crippen molar-refractivity contribution >= 4 is 61.3 Å². The number of ether oxygens (including phenoxy) is 1. The number of para-hydroxylation sites is 2. The van der Waals surface area contributed by atoms with Crippen LogP contribution in [0.1, 0.15) is 0 Å². The topological polar surface area (TPSA) is 58.9 Å². The Kier molecular flexibility index (Phi) is 7.62. The van der Waals surface area contributed by atoms with Crippen molar-refractivity contribution in [2.24, 2.45) is 0 Å². The number of hydrogen-bond donors (Lipinski definition) is 0. The third-order valence-corrected chi connectivity index (χ3v) is 10.6. The zero-order valence-corrected chi connectivity index (χ0v) is 30.6. The van der Waals surface area contributed by atoms with Crippen molar-refractivity contribution < 1.29 is 4.74 Å². The van der Waals surface area contributed by atoms with Gasteiger partial charge in [0.15, 0.2) is 0 Å². The van der Waals surface area contributed by atoms with Gasteiger partial charge < -0.3 is 4.74 Å². The van der Waals surface area contributed by atoms with Gasteiger partial charge >= 0.3 is 11.7 Å². The van der Waals surface area contributed by atoms with E-state index >= 15 is 0 Å². The molecule has 11 rings (SSSR count). The Morgan fingerprint density at radius 3 is 1.98 bits per heavy atom. The molecule has 10 aromatic rings. The van der Waals surface area contributed by atoms with Crippen LogP contribution >= 0.6 is 0 Å². The summed E-state index contributed by atoms with van der Waals surface area (Å²) in [7, 11) is 0. The van der Waals surface area contributed by atoms with Gasteiger partial charge in [0.1, 0.15) is 17.3 Å². The van der Waals surface area contributed by atoms with E-state index in [1.807, 2.05) is 67.1 Å². The molecule has 0 fully saturated rings. The highest BCUT2D eigenvalue weighted by Gasteiger charge is 2.41. The van der Waals surface area contributed by atoms with E-state index in [0.29, 0.717) is 5.75 Å². The lowest BCUT2D eigenvalue weighted by molar-refractivity contribution is 0.483. The second kappa shape index (κ2) is 13.4. The fraction of sp³-hybridized carbons (Fsp3) is 0. The highest BCUT2D eigenvalue weighted by atomic mass is 16.5. The molecule has 0 radical (unpaired) electrons. The van der Waals surface area contributed by atoms with E-state index in [-0.39, 0.29) is 0 Å². The van der Waals surface area contributed by atoms with Crippen LogP contribution in [0.2, 0.25) is 0 Å². The first-order valence-electron chi connectivity index (χ1n) is 18.8. The Morgan fingerprint density at radius 2 is 1.21 bits per heavy atom. The molecule has 1 aliphatic heterocycles. The summed E-state index contributed by atoms with van der Waals surface area (Å²) >= 11 is 0. The number of rotatable bonds is 7. The van der Waals surface area contributed by atoms with Crippen molar-refractivity contribution in [1.29, 1.82) is 0 Å². The van der Waals surface area contributed by atoms with Gasteiger partial charge in [0.2, 0.25) is 11.4 Å². The maximum Gasteiger partial charge on any atom is 0.503 e. The molecule has 7 heteroatoms. The summed E-state index contributed by atoms with van der Waals surface area (Å²) in [6, 6.07) is 60.1. The molecule has 0 spiro atoms. The smallest absolute Gasteiger partial charge is 0.457 e. The normalized spacial score (nSPS) is 12.1. The van der Waals surface area contributed by atoms with Gasteiger partial charge in [-0.05, 0) is 87.3 Å². The van der Waals surface area contributed by atoms with E-state index in [9.17, 15) is 0 Å². The fourth-order valence-corrected chi connectivity index (χ4v) is 8.08. The summed E-state index contributed by atoms with van der Waals surface area (Å²) in [6.45, 7) is 0. The van der Waals surface area contributed by atoms with E-state index in [2.05, 4.69) is 145 Å². The number of hydrogen-bond acceptors (Lipinski definition) is 4. The average Bonchev–Trinajstić information content (AvgIpc) is 3.83. The third kappa shape index (κ3) is 5.49. The molecule has 0 aliphatic carbocycles. The van der Waals surface area contributed by atoms with Crippen molar-refractivity contribution in [3.8, 4) is 39.6 Å². The molecule has 0 saturated heterocycles. The Labute approximate surface area is 328 Å². The number of aromatic nitrogens is 4. The molecule has 0 unspecified atom stereocenters. The molecule has 4 aromatic heterocycles. The van der Waals surface area contributed by atoms with Gasteiger partial charge in [0.05, 0.1) is 33.6 Å². The largest absolute Gasteiger partial charge is 0.503 e. The summed E-state index contributed by atoms with van der Waals surface area (Å²) in [5.74, 6) is 2.30. The van der Waals surface area contributed by atoms with Crippen LogP contribution in [0.25, 0.3) is 60.6 Å². The number of nitrogens with zero attached hydrogens (tertiary/aromatic N) is 6. The minimum atomic E-state index is 0.710. The van der Waals surface area contributed by atoms with Gasteiger partial charge in [-0.1, -0.05) is 66.7 Å². The van der Waals surface area contributed by atoms with Crippen molar-refractivity contribution in [2.75, 3.05) is 0 Å². The standard InChI is InChI=1S/C50H32N6O/c1-2-16-40-34(11-1)22-25-46-50(40)55(49-41(35-12-9-26-51-31-35)18-8-19-42(49)36-13-10-27-52-32-36)33-54(46)37-14-7-15-38(29-37)57-39-23-24-44-43-17-3-4-20-45(43)56(47(44)30-39)48-21-5-6-28-53-48/h1-32H/q+2. The molecular formula is C50H32N6O+2. The molecule has 5 heterocycles. The van der Waals surface area contributed by atoms with Gasteiger partial charge in [-0.2, -0.15) is 0 Å². The molecule has 7 nitrogen and oxygen atoms in total. The summed E-state index contributed by atoms with van der Waals surface area (Å²) in [4.78, 5) is 13.7. The summed E-state index contributed by atoms with van der Waals surface area (Å²) in [5, 5.41) is 4.56. The molecule has 266 valence electrons. The second-order valence-corrected chi connectivity index (χ2v) is 13.9. The van der Waals surface area contributed by atoms with Gasteiger partial charge in [0.25, 0.3) is 5.69 Å². The highest BCUT2D eigenvalue weighted by Crippen LogP contribution is 2.47. The van der Waals surface area contributed by atoms with Crippen molar-refractivity contribution in [2.45, 2.75) is 0 Å². The van der Waals surface area contributed by atoms with Gasteiger partial charge in [-0.3, -0.25) is 14.5 Å². The van der Waals surface area contributed by atoms with Crippen molar-refractivity contribution in [3.63, 3.8) is 0 Å². The number of benzene rings is 6. The van der Waals surface area contributed by atoms with Crippen LogP contribution < -0.4 is 13.9 Å². The van der Waals surface area contributed by atoms with Crippen molar-refractivity contribution in [3.05, 3.63) is 195 Å². The highest BCUT2D eigenvalue weighted by molar-refractivity contribution is 6.10. The van der Waals surface area contributed by atoms with Crippen LogP contribution in [0, 0.1) is 0 Å². The zero-order chi connectivity index (χ0) is 37.7.